The number of hydrogen-bond acceptors (Lipinski definition) is 2. The van der Waals surface area contributed by atoms with E-state index in [0.29, 0.717) is 5.56 Å². The first-order valence-electron chi connectivity index (χ1n) is 6.38. The minimum absolute atomic E-state index is 0.426. The van der Waals surface area contributed by atoms with Gasteiger partial charge in [-0.25, -0.2) is 0 Å². The second-order valence-electron chi connectivity index (χ2n) is 4.52. The first kappa shape index (κ1) is 15.1. The molecule has 2 nitrogen and oxygen atoms in total. The fourth-order valence-corrected chi connectivity index (χ4v) is 1.75. The lowest BCUT2D eigenvalue weighted by Crippen LogP contribution is -2.06. The highest BCUT2D eigenvalue weighted by Gasteiger charge is 2.30. The lowest BCUT2D eigenvalue weighted by atomic mass is 10.1. The van der Waals surface area contributed by atoms with Gasteiger partial charge in [0.1, 0.15) is 6.10 Å². The molecule has 110 valence electrons. The lowest BCUT2D eigenvalue weighted by molar-refractivity contribution is -0.137. The monoisotopic (exact) mass is 293 g/mol. The maximum absolute atomic E-state index is 12.6. The molecule has 0 radical (unpaired) electrons. The number of benzene rings is 2. The molecule has 0 spiro atoms. The average Bonchev–Trinajstić information content (AvgIpc) is 2.47. The third kappa shape index (κ3) is 4.34. The Morgan fingerprint density at radius 1 is 1.05 bits per heavy atom. The molecule has 5 heteroatoms. The van der Waals surface area contributed by atoms with Gasteiger partial charge in [0, 0.05) is 0 Å². The Hall–Kier alpha value is -2.30. The molecule has 0 bridgehead atoms. The predicted molar refractivity (Wildman–Crippen MR) is 75.0 cm³/mol. The van der Waals surface area contributed by atoms with E-state index >= 15 is 0 Å². The topological polar surface area (TPSA) is 21.6 Å². The molecule has 0 fully saturated rings. The van der Waals surface area contributed by atoms with Crippen LogP contribution in [-0.4, -0.2) is 6.21 Å². The van der Waals surface area contributed by atoms with Crippen LogP contribution in [-0.2, 0) is 11.0 Å². The van der Waals surface area contributed by atoms with Crippen molar-refractivity contribution in [1.29, 1.82) is 0 Å². The standard InChI is InChI=1S/C16H14F3NO/c1-12(21-20-11-13-6-3-2-4-7-13)14-8-5-9-15(10-14)16(17,18)19/h2-12H,1H3/b20-11+. The van der Waals surface area contributed by atoms with E-state index in [1.165, 1.54) is 12.3 Å². The van der Waals surface area contributed by atoms with Gasteiger partial charge in [0.25, 0.3) is 0 Å². The second-order valence-corrected chi connectivity index (χ2v) is 4.52. The first-order valence-corrected chi connectivity index (χ1v) is 6.38. The highest BCUT2D eigenvalue weighted by Crippen LogP contribution is 2.31. The third-order valence-electron chi connectivity index (χ3n) is 2.90. The molecule has 2 aromatic carbocycles. The van der Waals surface area contributed by atoms with Crippen LogP contribution >= 0.6 is 0 Å². The first-order chi connectivity index (χ1) is 9.97. The number of hydrogen-bond donors (Lipinski definition) is 0. The van der Waals surface area contributed by atoms with Crippen LogP contribution in [0.1, 0.15) is 29.7 Å². The van der Waals surface area contributed by atoms with Crippen LogP contribution in [0, 0.1) is 0 Å². The van der Waals surface area contributed by atoms with Crippen LogP contribution in [0.15, 0.2) is 59.8 Å². The number of halogens is 3. The van der Waals surface area contributed by atoms with Gasteiger partial charge in [-0.2, -0.15) is 13.2 Å². The van der Waals surface area contributed by atoms with Crippen molar-refractivity contribution in [2.24, 2.45) is 5.16 Å². The molecule has 0 saturated carbocycles. The molecule has 2 rings (SSSR count). The Balaban J connectivity index is 2.04. The van der Waals surface area contributed by atoms with Crippen molar-refractivity contribution in [3.8, 4) is 0 Å². The molecular formula is C16H14F3NO. The SMILES string of the molecule is CC(O/N=C/c1ccccc1)c1cccc(C(F)(F)F)c1. The van der Waals surface area contributed by atoms with Gasteiger partial charge in [-0.15, -0.1) is 0 Å². The van der Waals surface area contributed by atoms with E-state index in [1.54, 1.807) is 13.0 Å². The fourth-order valence-electron chi connectivity index (χ4n) is 1.75. The van der Waals surface area contributed by atoms with Crippen LogP contribution in [0.25, 0.3) is 0 Å². The zero-order valence-electron chi connectivity index (χ0n) is 11.3. The quantitative estimate of drug-likeness (QED) is 0.585. The maximum atomic E-state index is 12.6. The fraction of sp³-hybridized carbons (Fsp3) is 0.188. The molecule has 0 saturated heterocycles. The summed E-state index contributed by atoms with van der Waals surface area (Å²) in [5.41, 5.74) is 0.589. The van der Waals surface area contributed by atoms with Crippen LogP contribution < -0.4 is 0 Å². The van der Waals surface area contributed by atoms with E-state index in [2.05, 4.69) is 5.16 Å². The summed E-state index contributed by atoms with van der Waals surface area (Å²) in [6.45, 7) is 1.65. The van der Waals surface area contributed by atoms with Crippen molar-refractivity contribution < 1.29 is 18.0 Å². The summed E-state index contributed by atoms with van der Waals surface area (Å²) in [4.78, 5) is 5.20. The van der Waals surface area contributed by atoms with Gasteiger partial charge in [-0.1, -0.05) is 47.6 Å². The molecule has 0 heterocycles. The van der Waals surface area contributed by atoms with Gasteiger partial charge in [0.05, 0.1) is 11.8 Å². The summed E-state index contributed by atoms with van der Waals surface area (Å²) in [6, 6.07) is 14.3. The zero-order valence-corrected chi connectivity index (χ0v) is 11.3. The van der Waals surface area contributed by atoms with Crippen molar-refractivity contribution in [3.63, 3.8) is 0 Å². The maximum Gasteiger partial charge on any atom is 0.416 e. The van der Waals surface area contributed by atoms with E-state index in [-0.39, 0.29) is 0 Å². The largest absolute Gasteiger partial charge is 0.416 e. The Morgan fingerprint density at radius 2 is 1.76 bits per heavy atom. The summed E-state index contributed by atoms with van der Waals surface area (Å²) >= 11 is 0. The smallest absolute Gasteiger partial charge is 0.388 e. The molecule has 1 unspecified atom stereocenters. The van der Waals surface area contributed by atoms with E-state index in [0.717, 1.165) is 17.7 Å². The minimum atomic E-state index is -4.36. The molecule has 0 aliphatic rings. The van der Waals surface area contributed by atoms with Crippen molar-refractivity contribution in [2.75, 3.05) is 0 Å². The minimum Gasteiger partial charge on any atom is -0.388 e. The lowest BCUT2D eigenvalue weighted by Gasteiger charge is -2.12. The van der Waals surface area contributed by atoms with Gasteiger partial charge in [0.2, 0.25) is 0 Å². The summed E-state index contributed by atoms with van der Waals surface area (Å²) in [7, 11) is 0. The Labute approximate surface area is 120 Å². The van der Waals surface area contributed by atoms with E-state index in [1.807, 2.05) is 30.3 Å². The second kappa shape index (κ2) is 6.43. The van der Waals surface area contributed by atoms with Gasteiger partial charge in [0.15, 0.2) is 0 Å². The van der Waals surface area contributed by atoms with Crippen molar-refractivity contribution in [3.05, 3.63) is 71.3 Å². The summed E-state index contributed by atoms with van der Waals surface area (Å²) < 4.78 is 37.9. The summed E-state index contributed by atoms with van der Waals surface area (Å²) in [6.07, 6.45) is -3.40. The van der Waals surface area contributed by atoms with Crippen molar-refractivity contribution in [1.82, 2.24) is 0 Å². The Morgan fingerprint density at radius 3 is 2.43 bits per heavy atom. The zero-order chi connectivity index (χ0) is 15.3. The van der Waals surface area contributed by atoms with Crippen LogP contribution in [0.2, 0.25) is 0 Å². The van der Waals surface area contributed by atoms with Crippen LogP contribution in [0.4, 0.5) is 13.2 Å². The number of nitrogens with zero attached hydrogens (tertiary/aromatic N) is 1. The van der Waals surface area contributed by atoms with Crippen molar-refractivity contribution in [2.45, 2.75) is 19.2 Å². The number of alkyl halides is 3. The molecule has 0 aliphatic heterocycles. The molecule has 0 aliphatic carbocycles. The van der Waals surface area contributed by atoms with Crippen molar-refractivity contribution >= 4 is 6.21 Å². The van der Waals surface area contributed by atoms with Gasteiger partial charge >= 0.3 is 6.18 Å². The third-order valence-corrected chi connectivity index (χ3v) is 2.90. The van der Waals surface area contributed by atoms with Gasteiger partial charge in [-0.3, -0.25) is 0 Å². The highest BCUT2D eigenvalue weighted by molar-refractivity contribution is 5.78. The summed E-state index contributed by atoms with van der Waals surface area (Å²) in [5.74, 6) is 0. The average molecular weight is 293 g/mol. The van der Waals surface area contributed by atoms with Gasteiger partial charge in [-0.05, 0) is 30.2 Å². The summed E-state index contributed by atoms with van der Waals surface area (Å²) in [5, 5.41) is 3.80. The normalized spacial score (nSPS) is 13.3. The molecule has 21 heavy (non-hydrogen) atoms. The highest BCUT2D eigenvalue weighted by atomic mass is 19.4. The molecule has 0 aromatic heterocycles. The van der Waals surface area contributed by atoms with Crippen LogP contribution in [0.5, 0.6) is 0 Å². The van der Waals surface area contributed by atoms with E-state index < -0.39 is 17.8 Å². The number of rotatable bonds is 4. The molecule has 1 atom stereocenters. The molecular weight excluding hydrogens is 279 g/mol. The molecule has 0 amide bonds. The Kier molecular flexibility index (Phi) is 4.62. The van der Waals surface area contributed by atoms with Gasteiger partial charge < -0.3 is 4.84 Å². The number of oxime groups is 1. The van der Waals surface area contributed by atoms with E-state index in [4.69, 9.17) is 4.84 Å². The predicted octanol–water partition coefficient (Wildman–Crippen LogP) is 4.82. The molecule has 2 aromatic rings. The Bertz CT molecular complexity index is 608. The molecule has 0 N–H and O–H groups in total. The van der Waals surface area contributed by atoms with Crippen LogP contribution in [0.3, 0.4) is 0 Å². The van der Waals surface area contributed by atoms with E-state index in [9.17, 15) is 13.2 Å².